The predicted molar refractivity (Wildman–Crippen MR) is 134 cm³/mol. The molecule has 0 radical (unpaired) electrons. The molecule has 0 bridgehead atoms. The molecule has 0 unspecified atom stereocenters. The largest absolute Gasteiger partial charge is 0.371 e. The molecule has 33 heavy (non-hydrogen) atoms. The van der Waals surface area contributed by atoms with E-state index < -0.39 is 15.9 Å². The summed E-state index contributed by atoms with van der Waals surface area (Å²) in [5.74, 6) is -0.471. The molecule has 0 aliphatic carbocycles. The number of hydrogen-bond donors (Lipinski definition) is 2. The average Bonchev–Trinajstić information content (AvgIpc) is 3.28. The number of nitrogens with zero attached hydrogens (tertiary/aromatic N) is 1. The van der Waals surface area contributed by atoms with Crippen LogP contribution in [0.5, 0.6) is 0 Å². The van der Waals surface area contributed by atoms with Crippen LogP contribution >= 0.6 is 11.6 Å². The fraction of sp³-hybridized carbons (Fsp3) is 0.240. The van der Waals surface area contributed by atoms with Crippen molar-refractivity contribution < 1.29 is 13.2 Å². The molecular formula is C25H26ClN3O3S. The minimum Gasteiger partial charge on any atom is -0.371 e. The molecule has 1 fully saturated rings. The van der Waals surface area contributed by atoms with Crippen molar-refractivity contribution in [1.82, 2.24) is 0 Å². The molecule has 0 saturated carbocycles. The Kier molecular flexibility index (Phi) is 6.63. The second-order valence-corrected chi connectivity index (χ2v) is 10.4. The maximum absolute atomic E-state index is 12.9. The predicted octanol–water partition coefficient (Wildman–Crippen LogP) is 5.61. The van der Waals surface area contributed by atoms with E-state index in [0.29, 0.717) is 11.4 Å². The van der Waals surface area contributed by atoms with Crippen LogP contribution in [-0.4, -0.2) is 27.4 Å². The second-order valence-electron chi connectivity index (χ2n) is 8.27. The first-order chi connectivity index (χ1) is 15.7. The fourth-order valence-electron chi connectivity index (χ4n) is 4.01. The zero-order valence-corrected chi connectivity index (χ0v) is 20.1. The van der Waals surface area contributed by atoms with Crippen LogP contribution in [0, 0.1) is 13.8 Å². The van der Waals surface area contributed by atoms with Crippen molar-refractivity contribution in [3.05, 3.63) is 82.4 Å². The Labute approximate surface area is 199 Å². The zero-order valence-electron chi connectivity index (χ0n) is 18.6. The number of sulfonamides is 1. The molecule has 1 saturated heterocycles. The summed E-state index contributed by atoms with van der Waals surface area (Å²) >= 11 is 6.25. The van der Waals surface area contributed by atoms with E-state index in [0.717, 1.165) is 24.2 Å². The highest BCUT2D eigenvalue weighted by Crippen LogP contribution is 2.28. The van der Waals surface area contributed by atoms with E-state index in [4.69, 9.17) is 11.6 Å². The van der Waals surface area contributed by atoms with Gasteiger partial charge >= 0.3 is 0 Å². The standard InChI is InChI=1S/C25H26ClN3O3S/c1-17-6-5-7-20(14-17)28-33(31,32)21-9-10-23(26)22(16-21)25(30)27-19-8-11-24(18(2)15-19)29-12-3-4-13-29/h5-11,14-16,28H,3-4,12-13H2,1-2H3,(H,27,30). The Hall–Kier alpha value is -3.03. The molecule has 3 aromatic rings. The quantitative estimate of drug-likeness (QED) is 0.477. The third kappa shape index (κ3) is 5.31. The molecule has 2 N–H and O–H groups in total. The summed E-state index contributed by atoms with van der Waals surface area (Å²) in [5, 5.41) is 3.01. The zero-order chi connectivity index (χ0) is 23.6. The number of rotatable bonds is 6. The minimum atomic E-state index is -3.89. The van der Waals surface area contributed by atoms with Crippen molar-refractivity contribution in [2.24, 2.45) is 0 Å². The first kappa shape index (κ1) is 23.1. The molecule has 6 nitrogen and oxygen atoms in total. The molecule has 0 atom stereocenters. The van der Waals surface area contributed by atoms with Gasteiger partial charge < -0.3 is 10.2 Å². The average molecular weight is 484 g/mol. The minimum absolute atomic E-state index is 0.0425. The van der Waals surface area contributed by atoms with E-state index in [1.54, 1.807) is 18.2 Å². The lowest BCUT2D eigenvalue weighted by Gasteiger charge is -2.20. The monoisotopic (exact) mass is 483 g/mol. The lowest BCUT2D eigenvalue weighted by molar-refractivity contribution is 0.102. The summed E-state index contributed by atoms with van der Waals surface area (Å²) in [4.78, 5) is 15.2. The smallest absolute Gasteiger partial charge is 0.261 e. The van der Waals surface area contributed by atoms with Crippen LogP contribution in [0.25, 0.3) is 0 Å². The van der Waals surface area contributed by atoms with Crippen LogP contribution in [0.3, 0.4) is 0 Å². The Morgan fingerprint density at radius 3 is 2.39 bits per heavy atom. The number of amides is 1. The molecule has 1 aliphatic rings. The van der Waals surface area contributed by atoms with Gasteiger partial charge in [0.25, 0.3) is 15.9 Å². The highest BCUT2D eigenvalue weighted by atomic mass is 35.5. The van der Waals surface area contributed by atoms with Gasteiger partial charge in [0.2, 0.25) is 0 Å². The van der Waals surface area contributed by atoms with Gasteiger partial charge in [0.1, 0.15) is 0 Å². The SMILES string of the molecule is Cc1cccc(NS(=O)(=O)c2ccc(Cl)c(C(=O)Nc3ccc(N4CCCC4)c(C)c3)c2)c1. The molecular weight excluding hydrogens is 458 g/mol. The first-order valence-electron chi connectivity index (χ1n) is 10.8. The number of nitrogens with one attached hydrogen (secondary N) is 2. The maximum atomic E-state index is 12.9. The summed E-state index contributed by atoms with van der Waals surface area (Å²) in [6.07, 6.45) is 2.38. The van der Waals surface area contributed by atoms with Gasteiger partial charge in [-0.25, -0.2) is 8.42 Å². The summed E-state index contributed by atoms with van der Waals surface area (Å²) in [6, 6.07) is 16.9. The second kappa shape index (κ2) is 9.45. The van der Waals surface area contributed by atoms with Crippen LogP contribution in [0.4, 0.5) is 17.1 Å². The molecule has 0 aromatic heterocycles. The molecule has 1 aliphatic heterocycles. The third-order valence-corrected chi connectivity index (χ3v) is 7.37. The number of halogens is 1. The summed E-state index contributed by atoms with van der Waals surface area (Å²) in [5.41, 5.74) is 4.33. The lowest BCUT2D eigenvalue weighted by atomic mass is 10.1. The van der Waals surface area contributed by atoms with Crippen molar-refractivity contribution in [3.8, 4) is 0 Å². The van der Waals surface area contributed by atoms with Crippen LogP contribution in [0.1, 0.15) is 34.3 Å². The van der Waals surface area contributed by atoms with Gasteiger partial charge in [0.15, 0.2) is 0 Å². The summed E-state index contributed by atoms with van der Waals surface area (Å²) in [6.45, 7) is 5.97. The van der Waals surface area contributed by atoms with Crippen LogP contribution < -0.4 is 14.9 Å². The van der Waals surface area contributed by atoms with E-state index in [9.17, 15) is 13.2 Å². The van der Waals surface area contributed by atoms with Crippen molar-refractivity contribution in [1.29, 1.82) is 0 Å². The van der Waals surface area contributed by atoms with Gasteiger partial charge in [0.05, 0.1) is 15.5 Å². The molecule has 4 rings (SSSR count). The van der Waals surface area contributed by atoms with Crippen molar-refractivity contribution in [2.45, 2.75) is 31.6 Å². The fourth-order valence-corrected chi connectivity index (χ4v) is 5.29. The van der Waals surface area contributed by atoms with Crippen LogP contribution in [0.2, 0.25) is 5.02 Å². The Balaban J connectivity index is 1.55. The number of carbonyl (C=O) groups is 1. The molecule has 8 heteroatoms. The van der Waals surface area contributed by atoms with E-state index in [1.807, 2.05) is 38.1 Å². The number of anilines is 3. The molecule has 1 heterocycles. The van der Waals surface area contributed by atoms with E-state index in [-0.39, 0.29) is 15.5 Å². The molecule has 172 valence electrons. The Bertz CT molecular complexity index is 1300. The van der Waals surface area contributed by atoms with Crippen LogP contribution in [0.15, 0.2) is 65.6 Å². The summed E-state index contributed by atoms with van der Waals surface area (Å²) in [7, 11) is -3.89. The van der Waals surface area contributed by atoms with Gasteiger partial charge in [-0.3, -0.25) is 9.52 Å². The van der Waals surface area contributed by atoms with Crippen molar-refractivity contribution in [2.75, 3.05) is 28.0 Å². The van der Waals surface area contributed by atoms with E-state index in [1.165, 1.54) is 36.7 Å². The molecule has 0 spiro atoms. The molecule has 3 aromatic carbocycles. The maximum Gasteiger partial charge on any atom is 0.261 e. The van der Waals surface area contributed by atoms with Gasteiger partial charge in [-0.05, 0) is 86.3 Å². The van der Waals surface area contributed by atoms with Gasteiger partial charge in [-0.2, -0.15) is 0 Å². The van der Waals surface area contributed by atoms with Gasteiger partial charge in [-0.1, -0.05) is 23.7 Å². The number of aryl methyl sites for hydroxylation is 2. The van der Waals surface area contributed by atoms with Crippen molar-refractivity contribution >= 4 is 44.6 Å². The lowest BCUT2D eigenvalue weighted by Crippen LogP contribution is -2.19. The van der Waals surface area contributed by atoms with Crippen molar-refractivity contribution in [3.63, 3.8) is 0 Å². The number of benzene rings is 3. The van der Waals surface area contributed by atoms with Gasteiger partial charge in [-0.15, -0.1) is 0 Å². The third-order valence-electron chi connectivity index (χ3n) is 5.66. The summed E-state index contributed by atoms with van der Waals surface area (Å²) < 4.78 is 28.3. The number of carbonyl (C=O) groups excluding carboxylic acids is 1. The highest BCUT2D eigenvalue weighted by molar-refractivity contribution is 7.92. The first-order valence-corrected chi connectivity index (χ1v) is 12.6. The highest BCUT2D eigenvalue weighted by Gasteiger charge is 2.20. The topological polar surface area (TPSA) is 78.5 Å². The Morgan fingerprint density at radius 1 is 0.939 bits per heavy atom. The molecule has 1 amide bonds. The van der Waals surface area contributed by atoms with E-state index in [2.05, 4.69) is 14.9 Å². The Morgan fingerprint density at radius 2 is 1.70 bits per heavy atom. The van der Waals surface area contributed by atoms with Gasteiger partial charge in [0, 0.05) is 30.2 Å². The normalized spacial score (nSPS) is 13.7. The van der Waals surface area contributed by atoms with E-state index >= 15 is 0 Å². The number of hydrogen-bond acceptors (Lipinski definition) is 4. The van der Waals surface area contributed by atoms with Crippen LogP contribution in [-0.2, 0) is 10.0 Å².